The summed E-state index contributed by atoms with van der Waals surface area (Å²) in [5, 5.41) is 10.2. The lowest BCUT2D eigenvalue weighted by atomic mass is 9.81. The van der Waals surface area contributed by atoms with Gasteiger partial charge in [-0.25, -0.2) is 13.2 Å². The molecule has 37 heavy (non-hydrogen) atoms. The Bertz CT molecular complexity index is 1310. The van der Waals surface area contributed by atoms with Crippen molar-refractivity contribution < 1.29 is 32.6 Å². The first-order valence-electron chi connectivity index (χ1n) is 11.9. The van der Waals surface area contributed by atoms with Crippen LogP contribution in [0.5, 0.6) is 5.75 Å². The van der Waals surface area contributed by atoms with E-state index in [1.54, 1.807) is 18.2 Å². The summed E-state index contributed by atoms with van der Waals surface area (Å²) in [6.45, 7) is 1.44. The monoisotopic (exact) mass is 532 g/mol. The number of halogens is 3. The van der Waals surface area contributed by atoms with Crippen molar-refractivity contribution >= 4 is 34.4 Å². The van der Waals surface area contributed by atoms with E-state index < -0.39 is 35.1 Å². The second-order valence-corrected chi connectivity index (χ2v) is 10.2. The van der Waals surface area contributed by atoms with Crippen LogP contribution in [0, 0.1) is 29.3 Å². The molecule has 0 spiro atoms. The lowest BCUT2D eigenvalue weighted by Crippen LogP contribution is -2.44. The summed E-state index contributed by atoms with van der Waals surface area (Å²) in [6, 6.07) is 8.21. The van der Waals surface area contributed by atoms with Crippen LogP contribution in [0.4, 0.5) is 13.2 Å². The van der Waals surface area contributed by atoms with Gasteiger partial charge in [0.15, 0.2) is 11.6 Å². The molecule has 10 heteroatoms. The molecule has 4 rings (SSSR count). The zero-order valence-electron chi connectivity index (χ0n) is 20.3. The largest absolute Gasteiger partial charge is 0.497 e. The molecule has 2 unspecified atom stereocenters. The van der Waals surface area contributed by atoms with E-state index in [0.717, 1.165) is 24.4 Å². The molecule has 1 saturated heterocycles. The van der Waals surface area contributed by atoms with Gasteiger partial charge in [-0.3, -0.25) is 14.6 Å². The number of carboxylic acids is 1. The van der Waals surface area contributed by atoms with Crippen LogP contribution in [-0.2, 0) is 4.79 Å². The second kappa shape index (κ2) is 12.0. The summed E-state index contributed by atoms with van der Waals surface area (Å²) in [5.41, 5.74) is 0.410. The summed E-state index contributed by atoms with van der Waals surface area (Å²) < 4.78 is 47.1. The number of aromatic nitrogens is 1. The predicted octanol–water partition coefficient (Wildman–Crippen LogP) is 5.44. The molecule has 1 aromatic heterocycles. The van der Waals surface area contributed by atoms with Crippen molar-refractivity contribution in [2.24, 2.45) is 11.8 Å². The SMILES string of the molecule is COc1ccc2ncc(F)c(C(=O)CCC3CCN(CCSc4cc(F)ccc4F)CC3C(=O)O)c2c1. The van der Waals surface area contributed by atoms with Gasteiger partial charge in [0.25, 0.3) is 0 Å². The smallest absolute Gasteiger partial charge is 0.308 e. The molecule has 1 N–H and O–H groups in total. The first-order valence-corrected chi connectivity index (χ1v) is 12.9. The lowest BCUT2D eigenvalue weighted by Gasteiger charge is -2.36. The Hall–Kier alpha value is -3.11. The van der Waals surface area contributed by atoms with Crippen LogP contribution >= 0.6 is 11.8 Å². The van der Waals surface area contributed by atoms with Crippen molar-refractivity contribution in [3.8, 4) is 5.75 Å². The molecule has 2 aromatic carbocycles. The minimum absolute atomic E-state index is 0.0103. The number of pyridine rings is 1. The molecular weight excluding hydrogens is 505 g/mol. The van der Waals surface area contributed by atoms with E-state index in [1.165, 1.54) is 18.9 Å². The van der Waals surface area contributed by atoms with Crippen molar-refractivity contribution in [1.82, 2.24) is 9.88 Å². The van der Waals surface area contributed by atoms with E-state index >= 15 is 0 Å². The third kappa shape index (κ3) is 6.42. The Morgan fingerprint density at radius 3 is 2.73 bits per heavy atom. The Morgan fingerprint density at radius 2 is 1.97 bits per heavy atom. The summed E-state index contributed by atoms with van der Waals surface area (Å²) in [6.07, 6.45) is 1.92. The van der Waals surface area contributed by atoms with Gasteiger partial charge in [-0.1, -0.05) is 0 Å². The molecule has 0 aliphatic carbocycles. The molecule has 1 fully saturated rings. The highest BCUT2D eigenvalue weighted by Crippen LogP contribution is 2.31. The molecule has 196 valence electrons. The number of aliphatic carboxylic acids is 1. The highest BCUT2D eigenvalue weighted by atomic mass is 32.2. The molecule has 0 saturated carbocycles. The molecule has 3 aromatic rings. The van der Waals surface area contributed by atoms with Crippen molar-refractivity contribution in [2.75, 3.05) is 32.5 Å². The number of carbonyl (C=O) groups is 2. The number of fused-ring (bicyclic) bond motifs is 1. The van der Waals surface area contributed by atoms with E-state index in [9.17, 15) is 27.9 Å². The van der Waals surface area contributed by atoms with Gasteiger partial charge in [-0.05, 0) is 61.7 Å². The Balaban J connectivity index is 1.37. The number of nitrogens with zero attached hydrogens (tertiary/aromatic N) is 2. The number of ether oxygens (including phenoxy) is 1. The fourth-order valence-electron chi connectivity index (χ4n) is 4.77. The number of Topliss-reactive ketones (excluding diaryl/α,β-unsaturated/α-hetero) is 1. The molecule has 0 amide bonds. The highest BCUT2D eigenvalue weighted by Gasteiger charge is 2.34. The van der Waals surface area contributed by atoms with Crippen LogP contribution in [0.25, 0.3) is 10.9 Å². The summed E-state index contributed by atoms with van der Waals surface area (Å²) in [4.78, 5) is 31.3. The van der Waals surface area contributed by atoms with E-state index in [4.69, 9.17) is 4.74 Å². The van der Waals surface area contributed by atoms with Gasteiger partial charge in [0.05, 0.1) is 30.3 Å². The molecule has 0 bridgehead atoms. The molecular formula is C27H27F3N2O4S. The first-order chi connectivity index (χ1) is 17.8. The average molecular weight is 533 g/mol. The molecule has 6 nitrogen and oxygen atoms in total. The number of carboxylic acid groups (broad SMARTS) is 1. The summed E-state index contributed by atoms with van der Waals surface area (Å²) in [7, 11) is 1.48. The zero-order chi connectivity index (χ0) is 26.5. The lowest BCUT2D eigenvalue weighted by molar-refractivity contribution is -0.146. The minimum atomic E-state index is -0.948. The molecule has 2 atom stereocenters. The van der Waals surface area contributed by atoms with Crippen molar-refractivity contribution in [3.63, 3.8) is 0 Å². The minimum Gasteiger partial charge on any atom is -0.497 e. The van der Waals surface area contributed by atoms with Gasteiger partial charge in [0, 0.05) is 35.5 Å². The van der Waals surface area contributed by atoms with Crippen LogP contribution in [-0.4, -0.2) is 59.2 Å². The van der Waals surface area contributed by atoms with Crippen LogP contribution in [0.15, 0.2) is 47.5 Å². The third-order valence-corrected chi connectivity index (χ3v) is 7.78. The Morgan fingerprint density at radius 1 is 1.16 bits per heavy atom. The van der Waals surface area contributed by atoms with E-state index in [2.05, 4.69) is 4.98 Å². The zero-order valence-corrected chi connectivity index (χ0v) is 21.1. The van der Waals surface area contributed by atoms with Crippen LogP contribution in [0.3, 0.4) is 0 Å². The van der Waals surface area contributed by atoms with Gasteiger partial charge in [0.1, 0.15) is 17.4 Å². The van der Waals surface area contributed by atoms with Crippen molar-refractivity contribution in [2.45, 2.75) is 24.2 Å². The number of hydrogen-bond acceptors (Lipinski definition) is 6. The molecule has 1 aliphatic heterocycles. The molecule has 1 aliphatic rings. The van der Waals surface area contributed by atoms with E-state index in [1.807, 2.05) is 4.90 Å². The Labute approximate surface area is 216 Å². The molecule has 2 heterocycles. The number of methoxy groups -OCH3 is 1. The number of thioether (sulfide) groups is 1. The highest BCUT2D eigenvalue weighted by molar-refractivity contribution is 7.99. The average Bonchev–Trinajstić information content (AvgIpc) is 2.89. The summed E-state index contributed by atoms with van der Waals surface area (Å²) >= 11 is 1.18. The quantitative estimate of drug-likeness (QED) is 0.275. The van der Waals surface area contributed by atoms with Gasteiger partial charge < -0.3 is 14.7 Å². The van der Waals surface area contributed by atoms with Crippen molar-refractivity contribution in [1.29, 1.82) is 0 Å². The van der Waals surface area contributed by atoms with Crippen LogP contribution in [0.1, 0.15) is 29.6 Å². The van der Waals surface area contributed by atoms with Crippen molar-refractivity contribution in [3.05, 3.63) is 65.6 Å². The summed E-state index contributed by atoms with van der Waals surface area (Å²) in [5.74, 6) is -3.04. The van der Waals surface area contributed by atoms with Gasteiger partial charge in [-0.2, -0.15) is 0 Å². The number of benzene rings is 2. The number of ketones is 1. The first kappa shape index (κ1) is 26.9. The second-order valence-electron chi connectivity index (χ2n) is 9.04. The van der Waals surface area contributed by atoms with Gasteiger partial charge >= 0.3 is 5.97 Å². The number of hydrogen-bond donors (Lipinski definition) is 1. The third-order valence-electron chi connectivity index (χ3n) is 6.77. The van der Waals surface area contributed by atoms with Gasteiger partial charge in [0.2, 0.25) is 0 Å². The standard InChI is InChI=1S/C27H27F3N2O4S/c1-36-18-4-6-23-19(13-18)26(22(30)14-31-23)24(33)7-2-16-8-9-32(15-20(16)27(34)35)10-11-37-25-12-17(28)3-5-21(25)29/h3-6,12-14,16,20H,2,7-11,15H2,1H3,(H,34,35). The topological polar surface area (TPSA) is 79.7 Å². The molecule has 0 radical (unpaired) electrons. The number of piperidine rings is 1. The van der Waals surface area contributed by atoms with Gasteiger partial charge in [-0.15, -0.1) is 11.8 Å². The maximum atomic E-state index is 14.6. The number of likely N-dealkylation sites (tertiary alicyclic amines) is 1. The van der Waals surface area contributed by atoms with E-state index in [-0.39, 0.29) is 22.8 Å². The maximum absolute atomic E-state index is 14.6. The number of rotatable bonds is 10. The fourth-order valence-corrected chi connectivity index (χ4v) is 5.74. The normalized spacial score (nSPS) is 18.2. The number of carbonyl (C=O) groups excluding carboxylic acids is 1. The van der Waals surface area contributed by atoms with Crippen LogP contribution in [0.2, 0.25) is 0 Å². The Kier molecular flexibility index (Phi) is 8.71. The fraction of sp³-hybridized carbons (Fsp3) is 0.370. The van der Waals surface area contributed by atoms with E-state index in [0.29, 0.717) is 54.9 Å². The predicted molar refractivity (Wildman–Crippen MR) is 135 cm³/mol. The van der Waals surface area contributed by atoms with Crippen LogP contribution < -0.4 is 4.74 Å². The maximum Gasteiger partial charge on any atom is 0.308 e.